The third-order valence-corrected chi connectivity index (χ3v) is 5.83. The molecule has 0 aliphatic carbocycles. The van der Waals surface area contributed by atoms with Gasteiger partial charge in [0.2, 0.25) is 5.91 Å². The number of ether oxygens (including phenoxy) is 2. The predicted molar refractivity (Wildman–Crippen MR) is 107 cm³/mol. The van der Waals surface area contributed by atoms with Crippen molar-refractivity contribution in [3.63, 3.8) is 0 Å². The fraction of sp³-hybridized carbons (Fsp3) is 0.526. The first-order chi connectivity index (χ1) is 13.6. The van der Waals surface area contributed by atoms with Crippen molar-refractivity contribution in [2.45, 2.75) is 43.9 Å². The first kappa shape index (κ1) is 20.3. The van der Waals surface area contributed by atoms with Crippen LogP contribution in [0.25, 0.3) is 0 Å². The second kappa shape index (κ2) is 9.18. The van der Waals surface area contributed by atoms with Crippen LogP contribution in [0.1, 0.15) is 37.8 Å². The van der Waals surface area contributed by atoms with Gasteiger partial charge in [-0.2, -0.15) is 0 Å². The van der Waals surface area contributed by atoms with Gasteiger partial charge >= 0.3 is 5.69 Å². The highest BCUT2D eigenvalue weighted by Gasteiger charge is 2.32. The second-order valence-corrected chi connectivity index (χ2v) is 7.55. The van der Waals surface area contributed by atoms with Gasteiger partial charge in [-0.1, -0.05) is 18.7 Å². The van der Waals surface area contributed by atoms with E-state index in [1.54, 1.807) is 18.8 Å². The van der Waals surface area contributed by atoms with Crippen molar-refractivity contribution in [1.82, 2.24) is 19.7 Å². The molecule has 0 bridgehead atoms. The molecule has 2 heterocycles. The van der Waals surface area contributed by atoms with Crippen molar-refractivity contribution >= 4 is 17.7 Å². The van der Waals surface area contributed by atoms with Gasteiger partial charge in [-0.25, -0.2) is 9.89 Å². The number of likely N-dealkylation sites (tertiary alicyclic amines) is 1. The molecule has 1 aromatic carbocycles. The summed E-state index contributed by atoms with van der Waals surface area (Å²) in [4.78, 5) is 26.6. The molecule has 0 unspecified atom stereocenters. The molecule has 152 valence electrons. The van der Waals surface area contributed by atoms with Gasteiger partial charge in [0.15, 0.2) is 5.16 Å². The van der Waals surface area contributed by atoms with Crippen LogP contribution in [0.2, 0.25) is 0 Å². The lowest BCUT2D eigenvalue weighted by atomic mass is 10.0. The van der Waals surface area contributed by atoms with Gasteiger partial charge < -0.3 is 14.4 Å². The van der Waals surface area contributed by atoms with Crippen LogP contribution in [0, 0.1) is 0 Å². The molecule has 1 N–H and O–H groups in total. The fourth-order valence-corrected chi connectivity index (χ4v) is 4.39. The molecule has 1 aliphatic heterocycles. The van der Waals surface area contributed by atoms with Crippen LogP contribution < -0.4 is 15.2 Å². The maximum absolute atomic E-state index is 12.9. The summed E-state index contributed by atoms with van der Waals surface area (Å²) >= 11 is 1.29. The summed E-state index contributed by atoms with van der Waals surface area (Å²) < 4.78 is 12.4. The maximum atomic E-state index is 12.9. The van der Waals surface area contributed by atoms with E-state index >= 15 is 0 Å². The Morgan fingerprint density at radius 1 is 1.36 bits per heavy atom. The van der Waals surface area contributed by atoms with Crippen LogP contribution in [0.15, 0.2) is 28.2 Å². The van der Waals surface area contributed by atoms with E-state index in [2.05, 4.69) is 10.2 Å². The van der Waals surface area contributed by atoms with Crippen molar-refractivity contribution in [2.75, 3.05) is 26.5 Å². The van der Waals surface area contributed by atoms with Crippen molar-refractivity contribution in [1.29, 1.82) is 0 Å². The minimum absolute atomic E-state index is 0.0240. The van der Waals surface area contributed by atoms with E-state index in [4.69, 9.17) is 9.47 Å². The average molecular weight is 407 g/mol. The van der Waals surface area contributed by atoms with Crippen molar-refractivity contribution in [3.05, 3.63) is 34.2 Å². The Balaban J connectivity index is 1.74. The van der Waals surface area contributed by atoms with E-state index in [9.17, 15) is 9.59 Å². The highest BCUT2D eigenvalue weighted by atomic mass is 32.2. The van der Waals surface area contributed by atoms with Crippen LogP contribution >= 0.6 is 11.8 Å². The monoisotopic (exact) mass is 406 g/mol. The maximum Gasteiger partial charge on any atom is 0.343 e. The number of methoxy groups -OCH3 is 2. The molecular weight excluding hydrogens is 380 g/mol. The van der Waals surface area contributed by atoms with Crippen LogP contribution in [0.4, 0.5) is 0 Å². The third kappa shape index (κ3) is 4.19. The van der Waals surface area contributed by atoms with Crippen LogP contribution in [-0.4, -0.2) is 52.1 Å². The lowest BCUT2D eigenvalue weighted by Gasteiger charge is -2.26. The van der Waals surface area contributed by atoms with Gasteiger partial charge in [-0.3, -0.25) is 9.36 Å². The zero-order valence-electron chi connectivity index (χ0n) is 16.4. The van der Waals surface area contributed by atoms with Gasteiger partial charge in [0.25, 0.3) is 0 Å². The zero-order valence-corrected chi connectivity index (χ0v) is 17.3. The molecule has 8 nitrogen and oxygen atoms in total. The number of thioether (sulfide) groups is 1. The van der Waals surface area contributed by atoms with E-state index in [0.717, 1.165) is 36.3 Å². The molecule has 1 aromatic heterocycles. The lowest BCUT2D eigenvalue weighted by molar-refractivity contribution is -0.129. The molecular formula is C19H26N4O4S. The number of nitrogens with zero attached hydrogens (tertiary/aromatic N) is 3. The number of carbonyl (C=O) groups is 1. The van der Waals surface area contributed by atoms with Crippen LogP contribution in [0.5, 0.6) is 11.5 Å². The molecule has 1 fully saturated rings. The number of hydrogen-bond acceptors (Lipinski definition) is 6. The zero-order chi connectivity index (χ0) is 20.1. The predicted octanol–water partition coefficient (Wildman–Crippen LogP) is 2.45. The number of nitrogens with one attached hydrogen (secondary N) is 1. The van der Waals surface area contributed by atoms with Crippen molar-refractivity contribution < 1.29 is 14.3 Å². The van der Waals surface area contributed by atoms with E-state index in [1.807, 2.05) is 30.0 Å². The Morgan fingerprint density at radius 2 is 2.18 bits per heavy atom. The number of H-pyrrole nitrogens is 1. The van der Waals surface area contributed by atoms with Gasteiger partial charge in [0.05, 0.1) is 26.0 Å². The Kier molecular flexibility index (Phi) is 6.66. The Hall–Kier alpha value is -2.42. The van der Waals surface area contributed by atoms with Gasteiger partial charge in [-0.05, 0) is 37.5 Å². The molecule has 28 heavy (non-hydrogen) atoms. The SMILES string of the molecule is CCCn1c(SCC(=O)N2CCC[C@H]2c2cc(OC)ccc2OC)n[nH]c1=O. The number of rotatable bonds is 8. The first-order valence-electron chi connectivity index (χ1n) is 9.38. The summed E-state index contributed by atoms with van der Waals surface area (Å²) in [5.41, 5.74) is 0.720. The van der Waals surface area contributed by atoms with Crippen molar-refractivity contribution in [2.24, 2.45) is 0 Å². The third-order valence-electron chi connectivity index (χ3n) is 4.86. The largest absolute Gasteiger partial charge is 0.497 e. The quantitative estimate of drug-likeness (QED) is 0.678. The normalized spacial score (nSPS) is 16.4. The molecule has 2 aromatic rings. The van der Waals surface area contributed by atoms with Gasteiger partial charge in [-0.15, -0.1) is 5.10 Å². The minimum atomic E-state index is -0.239. The molecule has 1 atom stereocenters. The van der Waals surface area contributed by atoms with Gasteiger partial charge in [0.1, 0.15) is 11.5 Å². The van der Waals surface area contributed by atoms with Gasteiger partial charge in [0, 0.05) is 18.7 Å². The highest BCUT2D eigenvalue weighted by molar-refractivity contribution is 7.99. The molecule has 3 rings (SSSR count). The molecule has 1 aliphatic rings. The summed E-state index contributed by atoms with van der Waals surface area (Å²) in [7, 11) is 3.26. The summed E-state index contributed by atoms with van der Waals surface area (Å²) in [6.07, 6.45) is 2.64. The number of benzene rings is 1. The van der Waals surface area contributed by atoms with Crippen LogP contribution in [-0.2, 0) is 11.3 Å². The highest BCUT2D eigenvalue weighted by Crippen LogP contribution is 2.39. The Bertz CT molecular complexity index is 879. The molecule has 0 saturated carbocycles. The number of aromatic amines is 1. The average Bonchev–Trinajstić information content (AvgIpc) is 3.33. The molecule has 0 spiro atoms. The van der Waals surface area contributed by atoms with E-state index in [-0.39, 0.29) is 23.4 Å². The first-order valence-corrected chi connectivity index (χ1v) is 10.4. The lowest BCUT2D eigenvalue weighted by Crippen LogP contribution is -2.32. The molecule has 1 saturated heterocycles. The number of hydrogen-bond donors (Lipinski definition) is 1. The molecule has 1 amide bonds. The smallest absolute Gasteiger partial charge is 0.343 e. The Morgan fingerprint density at radius 3 is 2.89 bits per heavy atom. The van der Waals surface area contributed by atoms with Crippen molar-refractivity contribution in [3.8, 4) is 11.5 Å². The second-order valence-electron chi connectivity index (χ2n) is 6.60. The fourth-order valence-electron chi connectivity index (χ4n) is 3.53. The number of carbonyl (C=O) groups excluding carboxylic acids is 1. The standard InChI is InChI=1S/C19H26N4O4S/c1-4-9-23-18(25)20-21-19(23)28-12-17(24)22-10-5-6-15(22)14-11-13(26-2)7-8-16(14)27-3/h7-8,11,15H,4-6,9-10,12H2,1-3H3,(H,20,25)/t15-/m0/s1. The summed E-state index contributed by atoms with van der Waals surface area (Å²) in [5, 5.41) is 7.05. The van der Waals surface area contributed by atoms with E-state index in [0.29, 0.717) is 18.2 Å². The summed E-state index contributed by atoms with van der Waals surface area (Å²) in [5.74, 6) is 1.75. The number of aromatic nitrogens is 3. The number of amides is 1. The van der Waals surface area contributed by atoms with Crippen LogP contribution in [0.3, 0.4) is 0 Å². The molecule has 0 radical (unpaired) electrons. The van der Waals surface area contributed by atoms with E-state index in [1.165, 1.54) is 11.8 Å². The van der Waals surface area contributed by atoms with E-state index < -0.39 is 0 Å². The molecule has 9 heteroatoms. The summed E-state index contributed by atoms with van der Waals surface area (Å²) in [6, 6.07) is 5.62. The summed E-state index contributed by atoms with van der Waals surface area (Å²) in [6.45, 7) is 3.28. The Labute approximate surface area is 168 Å². The topological polar surface area (TPSA) is 89.4 Å². The minimum Gasteiger partial charge on any atom is -0.497 e.